The van der Waals surface area contributed by atoms with Gasteiger partial charge in [-0.1, -0.05) is 12.1 Å². The zero-order valence-electron chi connectivity index (χ0n) is 9.52. The fourth-order valence-electron chi connectivity index (χ4n) is 1.33. The van der Waals surface area contributed by atoms with Crippen molar-refractivity contribution < 1.29 is 14.3 Å². The molecule has 0 aliphatic heterocycles. The van der Waals surface area contributed by atoms with Crippen LogP contribution in [0.15, 0.2) is 24.3 Å². The molecule has 0 heterocycles. The van der Waals surface area contributed by atoms with Crippen LogP contribution in [0.25, 0.3) is 0 Å². The lowest BCUT2D eigenvalue weighted by atomic mass is 10.1. The highest BCUT2D eigenvalue weighted by Gasteiger charge is 2.04. The van der Waals surface area contributed by atoms with E-state index in [1.54, 1.807) is 6.07 Å². The molecule has 0 aromatic heterocycles. The predicted molar refractivity (Wildman–Crippen MR) is 63.9 cm³/mol. The van der Waals surface area contributed by atoms with Crippen LogP contribution in [0, 0.1) is 0 Å². The lowest BCUT2D eigenvalue weighted by Gasteiger charge is -2.04. The van der Waals surface area contributed by atoms with Crippen molar-refractivity contribution in [2.45, 2.75) is 19.3 Å². The van der Waals surface area contributed by atoms with E-state index in [4.69, 9.17) is 16.2 Å². The van der Waals surface area contributed by atoms with Crippen molar-refractivity contribution in [3.8, 4) is 0 Å². The SMILES string of the molecule is NC(=O)CCOC(=O)CCc1cccc(N)c1. The number of primary amides is 1. The summed E-state index contributed by atoms with van der Waals surface area (Å²) in [6.45, 7) is 0.0467. The van der Waals surface area contributed by atoms with Gasteiger partial charge in [-0.05, 0) is 24.1 Å². The second kappa shape index (κ2) is 6.52. The highest BCUT2D eigenvalue weighted by Crippen LogP contribution is 2.09. The van der Waals surface area contributed by atoms with Crippen LogP contribution in [-0.4, -0.2) is 18.5 Å². The number of aryl methyl sites for hydroxylation is 1. The van der Waals surface area contributed by atoms with E-state index in [-0.39, 0.29) is 25.4 Å². The maximum absolute atomic E-state index is 11.3. The number of benzene rings is 1. The van der Waals surface area contributed by atoms with Crippen LogP contribution in [0.3, 0.4) is 0 Å². The zero-order chi connectivity index (χ0) is 12.7. The fourth-order valence-corrected chi connectivity index (χ4v) is 1.33. The first kappa shape index (κ1) is 13.0. The third kappa shape index (κ3) is 5.55. The summed E-state index contributed by atoms with van der Waals surface area (Å²) in [4.78, 5) is 21.7. The second-order valence-electron chi connectivity index (χ2n) is 3.68. The molecule has 0 spiro atoms. The van der Waals surface area contributed by atoms with Gasteiger partial charge in [0.25, 0.3) is 0 Å². The molecule has 0 aliphatic carbocycles. The number of nitrogen functional groups attached to an aromatic ring is 1. The largest absolute Gasteiger partial charge is 0.465 e. The average molecular weight is 236 g/mol. The number of hydrogen-bond acceptors (Lipinski definition) is 4. The zero-order valence-corrected chi connectivity index (χ0v) is 9.52. The van der Waals surface area contributed by atoms with Crippen LogP contribution in [0.1, 0.15) is 18.4 Å². The van der Waals surface area contributed by atoms with Crippen LogP contribution in [0.4, 0.5) is 5.69 Å². The topological polar surface area (TPSA) is 95.4 Å². The van der Waals surface area contributed by atoms with Crippen LogP contribution < -0.4 is 11.5 Å². The maximum Gasteiger partial charge on any atom is 0.306 e. The van der Waals surface area contributed by atoms with Gasteiger partial charge >= 0.3 is 5.97 Å². The number of anilines is 1. The highest BCUT2D eigenvalue weighted by atomic mass is 16.5. The van der Waals surface area contributed by atoms with E-state index >= 15 is 0 Å². The van der Waals surface area contributed by atoms with Gasteiger partial charge in [0.05, 0.1) is 6.42 Å². The van der Waals surface area contributed by atoms with Crippen LogP contribution in [0.2, 0.25) is 0 Å². The predicted octanol–water partition coefficient (Wildman–Crippen LogP) is 0.620. The molecule has 0 saturated heterocycles. The van der Waals surface area contributed by atoms with E-state index in [0.29, 0.717) is 12.1 Å². The molecule has 4 N–H and O–H groups in total. The molecule has 0 aliphatic rings. The highest BCUT2D eigenvalue weighted by molar-refractivity contribution is 5.74. The number of rotatable bonds is 6. The standard InChI is InChI=1S/C12H16N2O3/c13-10-3-1-2-9(8-10)4-5-12(16)17-7-6-11(14)15/h1-3,8H,4-7,13H2,(H2,14,15). The maximum atomic E-state index is 11.3. The first-order chi connectivity index (χ1) is 8.08. The van der Waals surface area contributed by atoms with Crippen molar-refractivity contribution in [2.75, 3.05) is 12.3 Å². The van der Waals surface area contributed by atoms with Crippen LogP contribution >= 0.6 is 0 Å². The minimum Gasteiger partial charge on any atom is -0.465 e. The number of hydrogen-bond donors (Lipinski definition) is 2. The lowest BCUT2D eigenvalue weighted by molar-refractivity contribution is -0.144. The molecule has 0 saturated carbocycles. The van der Waals surface area contributed by atoms with E-state index in [2.05, 4.69) is 0 Å². The van der Waals surface area contributed by atoms with Crippen molar-refractivity contribution >= 4 is 17.6 Å². The van der Waals surface area contributed by atoms with Gasteiger partial charge in [-0.3, -0.25) is 9.59 Å². The Morgan fingerprint density at radius 1 is 1.24 bits per heavy atom. The monoisotopic (exact) mass is 236 g/mol. The van der Waals surface area contributed by atoms with E-state index in [9.17, 15) is 9.59 Å². The number of esters is 1. The Bertz CT molecular complexity index is 404. The summed E-state index contributed by atoms with van der Waals surface area (Å²) in [6, 6.07) is 7.33. The number of ether oxygens (including phenoxy) is 1. The Hall–Kier alpha value is -2.04. The molecule has 17 heavy (non-hydrogen) atoms. The van der Waals surface area contributed by atoms with Crippen LogP contribution in [0.5, 0.6) is 0 Å². The van der Waals surface area contributed by atoms with E-state index in [0.717, 1.165) is 5.56 Å². The summed E-state index contributed by atoms with van der Waals surface area (Å²) in [6.07, 6.45) is 0.896. The molecule has 0 fully saturated rings. The Morgan fingerprint density at radius 3 is 2.65 bits per heavy atom. The third-order valence-electron chi connectivity index (χ3n) is 2.18. The van der Waals surface area contributed by atoms with Crippen molar-refractivity contribution in [2.24, 2.45) is 5.73 Å². The Morgan fingerprint density at radius 2 is 2.00 bits per heavy atom. The minimum absolute atomic E-state index is 0.0467. The molecule has 5 nitrogen and oxygen atoms in total. The van der Waals surface area contributed by atoms with E-state index < -0.39 is 5.91 Å². The number of carbonyl (C=O) groups excluding carboxylic acids is 2. The van der Waals surface area contributed by atoms with Gasteiger partial charge in [-0.25, -0.2) is 0 Å². The van der Waals surface area contributed by atoms with Gasteiger partial charge < -0.3 is 16.2 Å². The van der Waals surface area contributed by atoms with E-state index in [1.807, 2.05) is 18.2 Å². The minimum atomic E-state index is -0.478. The Labute approximate surface area is 99.7 Å². The van der Waals surface area contributed by atoms with Crippen molar-refractivity contribution in [1.82, 2.24) is 0 Å². The van der Waals surface area contributed by atoms with Crippen molar-refractivity contribution in [3.63, 3.8) is 0 Å². The molecule has 5 heteroatoms. The van der Waals surface area contributed by atoms with Gasteiger partial charge in [0.1, 0.15) is 6.61 Å². The Kier molecular flexibility index (Phi) is 5.00. The summed E-state index contributed by atoms with van der Waals surface area (Å²) in [5.41, 5.74) is 12.2. The molecule has 92 valence electrons. The number of amides is 1. The molecule has 0 atom stereocenters. The molecule has 1 amide bonds. The molecule has 1 rings (SSSR count). The smallest absolute Gasteiger partial charge is 0.306 e. The van der Waals surface area contributed by atoms with Gasteiger partial charge in [0, 0.05) is 12.1 Å². The summed E-state index contributed by atoms with van der Waals surface area (Å²) < 4.78 is 4.83. The quantitative estimate of drug-likeness (QED) is 0.559. The van der Waals surface area contributed by atoms with Gasteiger partial charge in [0.2, 0.25) is 5.91 Å². The molecule has 0 unspecified atom stereocenters. The first-order valence-electron chi connectivity index (χ1n) is 5.36. The van der Waals surface area contributed by atoms with Crippen molar-refractivity contribution in [1.29, 1.82) is 0 Å². The lowest BCUT2D eigenvalue weighted by Crippen LogP contribution is -2.15. The summed E-state index contributed by atoms with van der Waals surface area (Å²) >= 11 is 0. The van der Waals surface area contributed by atoms with Gasteiger partial charge in [0.15, 0.2) is 0 Å². The normalized spacial score (nSPS) is 9.88. The summed E-state index contributed by atoms with van der Waals surface area (Å²) in [7, 11) is 0. The first-order valence-corrected chi connectivity index (χ1v) is 5.36. The average Bonchev–Trinajstić information content (AvgIpc) is 2.26. The second-order valence-corrected chi connectivity index (χ2v) is 3.68. The van der Waals surface area contributed by atoms with E-state index in [1.165, 1.54) is 0 Å². The fraction of sp³-hybridized carbons (Fsp3) is 0.333. The molecule has 1 aromatic rings. The molecule has 0 radical (unpaired) electrons. The van der Waals surface area contributed by atoms with Crippen molar-refractivity contribution in [3.05, 3.63) is 29.8 Å². The van der Waals surface area contributed by atoms with Crippen LogP contribution in [-0.2, 0) is 20.7 Å². The Balaban J connectivity index is 2.26. The number of carbonyl (C=O) groups is 2. The number of nitrogens with two attached hydrogens (primary N) is 2. The molecule has 1 aromatic carbocycles. The molecular weight excluding hydrogens is 220 g/mol. The van der Waals surface area contributed by atoms with Gasteiger partial charge in [-0.2, -0.15) is 0 Å². The molecule has 0 bridgehead atoms. The summed E-state index contributed by atoms with van der Waals surface area (Å²) in [5, 5.41) is 0. The molecular formula is C12H16N2O3. The van der Waals surface area contributed by atoms with Gasteiger partial charge in [-0.15, -0.1) is 0 Å². The third-order valence-corrected chi connectivity index (χ3v) is 2.18. The summed E-state index contributed by atoms with van der Waals surface area (Å²) in [5.74, 6) is -0.817.